The van der Waals surface area contributed by atoms with Crippen molar-refractivity contribution in [2.45, 2.75) is 19.9 Å². The van der Waals surface area contributed by atoms with Crippen molar-refractivity contribution >= 4 is 11.6 Å². The number of nitrogens with one attached hydrogen (secondary N) is 1. The summed E-state index contributed by atoms with van der Waals surface area (Å²) in [5.41, 5.74) is 9.03. The minimum absolute atomic E-state index is 0.0468. The summed E-state index contributed by atoms with van der Waals surface area (Å²) in [4.78, 5) is 12.2. The lowest BCUT2D eigenvalue weighted by molar-refractivity contribution is 0.0941. The van der Waals surface area contributed by atoms with Crippen LogP contribution in [0.15, 0.2) is 48.5 Å². The zero-order chi connectivity index (χ0) is 13.8. The summed E-state index contributed by atoms with van der Waals surface area (Å²) in [6.07, 6.45) is 0. The summed E-state index contributed by atoms with van der Waals surface area (Å²) in [5, 5.41) is 2.95. The third kappa shape index (κ3) is 3.13. The predicted molar refractivity (Wildman–Crippen MR) is 77.9 cm³/mol. The summed E-state index contributed by atoms with van der Waals surface area (Å²) in [7, 11) is 0. The fourth-order valence-corrected chi connectivity index (χ4v) is 1.99. The Hall–Kier alpha value is -2.29. The van der Waals surface area contributed by atoms with Gasteiger partial charge in [-0.15, -0.1) is 0 Å². The molecule has 0 spiro atoms. The molecular weight excluding hydrogens is 236 g/mol. The first kappa shape index (κ1) is 13.1. The van der Waals surface area contributed by atoms with Crippen LogP contribution < -0.4 is 11.1 Å². The number of carbonyl (C=O) groups excluding carboxylic acids is 1. The Kier molecular flexibility index (Phi) is 3.85. The highest BCUT2D eigenvalue weighted by molar-refractivity contribution is 5.99. The summed E-state index contributed by atoms with van der Waals surface area (Å²) in [5.74, 6) is -0.145. The lowest BCUT2D eigenvalue weighted by Gasteiger charge is -2.15. The van der Waals surface area contributed by atoms with Gasteiger partial charge in [-0.05, 0) is 37.1 Å². The van der Waals surface area contributed by atoms with E-state index in [2.05, 4.69) is 5.32 Å². The number of nitrogens with two attached hydrogens (primary N) is 1. The highest BCUT2D eigenvalue weighted by Crippen LogP contribution is 2.16. The first-order chi connectivity index (χ1) is 9.08. The van der Waals surface area contributed by atoms with E-state index in [4.69, 9.17) is 5.73 Å². The molecule has 0 unspecified atom stereocenters. The molecule has 0 saturated carbocycles. The van der Waals surface area contributed by atoms with E-state index in [0.29, 0.717) is 11.3 Å². The van der Waals surface area contributed by atoms with Crippen molar-refractivity contribution in [3.05, 3.63) is 65.2 Å². The normalized spacial score (nSPS) is 11.9. The van der Waals surface area contributed by atoms with E-state index < -0.39 is 0 Å². The van der Waals surface area contributed by atoms with Crippen molar-refractivity contribution in [3.63, 3.8) is 0 Å². The highest BCUT2D eigenvalue weighted by atomic mass is 16.1. The Morgan fingerprint density at radius 1 is 1.16 bits per heavy atom. The molecule has 3 N–H and O–H groups in total. The van der Waals surface area contributed by atoms with Gasteiger partial charge in [0.25, 0.3) is 5.91 Å². The largest absolute Gasteiger partial charge is 0.398 e. The van der Waals surface area contributed by atoms with Gasteiger partial charge < -0.3 is 11.1 Å². The Labute approximate surface area is 113 Å². The summed E-state index contributed by atoms with van der Waals surface area (Å²) >= 11 is 0. The van der Waals surface area contributed by atoms with Crippen molar-refractivity contribution in [3.8, 4) is 0 Å². The molecule has 0 heterocycles. The van der Waals surface area contributed by atoms with Gasteiger partial charge in [-0.2, -0.15) is 0 Å². The molecule has 3 heteroatoms. The van der Waals surface area contributed by atoms with E-state index in [9.17, 15) is 4.79 Å². The van der Waals surface area contributed by atoms with Crippen LogP contribution >= 0.6 is 0 Å². The lowest BCUT2D eigenvalue weighted by Crippen LogP contribution is -2.27. The second-order valence-electron chi connectivity index (χ2n) is 4.70. The number of amides is 1. The average molecular weight is 254 g/mol. The standard InChI is InChI=1S/C16H18N2O/c1-11-8-9-14(15(17)10-11)16(19)18-12(2)13-6-4-3-5-7-13/h3-10,12H,17H2,1-2H3,(H,18,19)/t12-/m0/s1. The van der Waals surface area contributed by atoms with Gasteiger partial charge in [-0.25, -0.2) is 0 Å². The van der Waals surface area contributed by atoms with Crippen LogP contribution in [-0.4, -0.2) is 5.91 Å². The first-order valence-electron chi connectivity index (χ1n) is 6.30. The topological polar surface area (TPSA) is 55.1 Å². The average Bonchev–Trinajstić information content (AvgIpc) is 2.39. The van der Waals surface area contributed by atoms with Gasteiger partial charge >= 0.3 is 0 Å². The molecule has 0 aliphatic heterocycles. The van der Waals surface area contributed by atoms with E-state index in [0.717, 1.165) is 11.1 Å². The first-order valence-corrected chi connectivity index (χ1v) is 6.30. The second kappa shape index (κ2) is 5.57. The number of benzene rings is 2. The van der Waals surface area contributed by atoms with Crippen molar-refractivity contribution in [2.75, 3.05) is 5.73 Å². The number of nitrogen functional groups attached to an aromatic ring is 1. The number of hydrogen-bond donors (Lipinski definition) is 2. The van der Waals surface area contributed by atoms with Crippen molar-refractivity contribution in [2.24, 2.45) is 0 Å². The molecule has 1 amide bonds. The lowest BCUT2D eigenvalue weighted by atomic mass is 10.1. The number of rotatable bonds is 3. The maximum absolute atomic E-state index is 12.2. The van der Waals surface area contributed by atoms with Gasteiger partial charge in [0, 0.05) is 5.69 Å². The molecule has 0 saturated heterocycles. The van der Waals surface area contributed by atoms with Gasteiger partial charge in [0.15, 0.2) is 0 Å². The van der Waals surface area contributed by atoms with Crippen LogP contribution in [0.25, 0.3) is 0 Å². The van der Waals surface area contributed by atoms with Crippen LogP contribution in [0.3, 0.4) is 0 Å². The Balaban J connectivity index is 2.13. The smallest absolute Gasteiger partial charge is 0.253 e. The fraction of sp³-hybridized carbons (Fsp3) is 0.188. The second-order valence-corrected chi connectivity index (χ2v) is 4.70. The minimum atomic E-state index is -0.145. The number of hydrogen-bond acceptors (Lipinski definition) is 2. The van der Waals surface area contributed by atoms with E-state index in [1.54, 1.807) is 6.07 Å². The molecule has 2 aromatic rings. The zero-order valence-corrected chi connectivity index (χ0v) is 11.2. The molecule has 2 aromatic carbocycles. The molecule has 2 rings (SSSR count). The van der Waals surface area contributed by atoms with Gasteiger partial charge in [0.2, 0.25) is 0 Å². The molecule has 0 aliphatic carbocycles. The monoisotopic (exact) mass is 254 g/mol. The Morgan fingerprint density at radius 2 is 1.84 bits per heavy atom. The number of aryl methyl sites for hydroxylation is 1. The molecule has 98 valence electrons. The van der Waals surface area contributed by atoms with Gasteiger partial charge in [0.1, 0.15) is 0 Å². The van der Waals surface area contributed by atoms with Crippen LogP contribution in [0.1, 0.15) is 34.5 Å². The van der Waals surface area contributed by atoms with E-state index in [-0.39, 0.29) is 11.9 Å². The van der Waals surface area contributed by atoms with Crippen LogP contribution in [0.5, 0.6) is 0 Å². The summed E-state index contributed by atoms with van der Waals surface area (Å²) in [6.45, 7) is 3.91. The fourth-order valence-electron chi connectivity index (χ4n) is 1.99. The molecular formula is C16H18N2O. The SMILES string of the molecule is Cc1ccc(C(=O)N[C@@H](C)c2ccccc2)c(N)c1. The molecule has 1 atom stereocenters. The quantitative estimate of drug-likeness (QED) is 0.827. The van der Waals surface area contributed by atoms with Gasteiger partial charge in [0.05, 0.1) is 11.6 Å². The van der Waals surface area contributed by atoms with Crippen molar-refractivity contribution < 1.29 is 4.79 Å². The predicted octanol–water partition coefficient (Wildman–Crippen LogP) is 3.07. The molecule has 0 fully saturated rings. The van der Waals surface area contributed by atoms with Crippen LogP contribution in [0, 0.1) is 6.92 Å². The molecule has 0 aliphatic rings. The highest BCUT2D eigenvalue weighted by Gasteiger charge is 2.13. The van der Waals surface area contributed by atoms with Crippen molar-refractivity contribution in [1.82, 2.24) is 5.32 Å². The maximum atomic E-state index is 12.2. The molecule has 0 aromatic heterocycles. The minimum Gasteiger partial charge on any atom is -0.398 e. The van der Waals surface area contributed by atoms with Gasteiger partial charge in [-0.3, -0.25) is 4.79 Å². The third-order valence-electron chi connectivity index (χ3n) is 3.10. The zero-order valence-electron chi connectivity index (χ0n) is 11.2. The van der Waals surface area contributed by atoms with Crippen molar-refractivity contribution in [1.29, 1.82) is 0 Å². The van der Waals surface area contributed by atoms with E-state index in [1.165, 1.54) is 0 Å². The third-order valence-corrected chi connectivity index (χ3v) is 3.10. The van der Waals surface area contributed by atoms with Gasteiger partial charge in [-0.1, -0.05) is 36.4 Å². The number of carbonyl (C=O) groups is 1. The molecule has 3 nitrogen and oxygen atoms in total. The van der Waals surface area contributed by atoms with E-state index >= 15 is 0 Å². The number of anilines is 1. The molecule has 19 heavy (non-hydrogen) atoms. The van der Waals surface area contributed by atoms with Crippen LogP contribution in [-0.2, 0) is 0 Å². The Morgan fingerprint density at radius 3 is 2.47 bits per heavy atom. The maximum Gasteiger partial charge on any atom is 0.253 e. The summed E-state index contributed by atoms with van der Waals surface area (Å²) in [6, 6.07) is 15.3. The van der Waals surface area contributed by atoms with Crippen LogP contribution in [0.2, 0.25) is 0 Å². The van der Waals surface area contributed by atoms with E-state index in [1.807, 2.05) is 56.3 Å². The molecule has 0 radical (unpaired) electrons. The Bertz CT molecular complexity index is 579. The van der Waals surface area contributed by atoms with Crippen LogP contribution in [0.4, 0.5) is 5.69 Å². The molecule has 0 bridgehead atoms. The summed E-state index contributed by atoms with van der Waals surface area (Å²) < 4.78 is 0.